The van der Waals surface area contributed by atoms with Crippen molar-refractivity contribution in [2.24, 2.45) is 4.99 Å². The molecule has 4 heteroatoms. The van der Waals surface area contributed by atoms with Crippen LogP contribution in [-0.4, -0.2) is 22.3 Å². The third-order valence-corrected chi connectivity index (χ3v) is 4.52. The standard InChI is InChI=1S/C23H23N3O/c1-2-27-23-16-21(20-9-6-14-24-20)26-22(23)15-19-13-12-18(25-19)11-10-17-7-4-3-5-8-17/h3-9,12-16,24-25H,2,10-11H2,1H3/b22-15-. The minimum atomic E-state index is 0.615. The van der Waals surface area contributed by atoms with Gasteiger partial charge in [0.1, 0.15) is 11.5 Å². The summed E-state index contributed by atoms with van der Waals surface area (Å²) in [5.74, 6) is 0.808. The fourth-order valence-corrected chi connectivity index (χ4v) is 3.18. The summed E-state index contributed by atoms with van der Waals surface area (Å²) >= 11 is 0. The van der Waals surface area contributed by atoms with E-state index >= 15 is 0 Å². The van der Waals surface area contributed by atoms with Gasteiger partial charge in [-0.05, 0) is 55.7 Å². The van der Waals surface area contributed by atoms with Gasteiger partial charge in [-0.3, -0.25) is 0 Å². The minimum absolute atomic E-state index is 0.615. The summed E-state index contributed by atoms with van der Waals surface area (Å²) in [6.45, 7) is 2.60. The molecule has 4 nitrogen and oxygen atoms in total. The molecule has 2 N–H and O–H groups in total. The molecular weight excluding hydrogens is 334 g/mol. The highest BCUT2D eigenvalue weighted by Gasteiger charge is 2.17. The molecule has 136 valence electrons. The van der Waals surface area contributed by atoms with Crippen LogP contribution >= 0.6 is 0 Å². The summed E-state index contributed by atoms with van der Waals surface area (Å²) in [6.07, 6.45) is 7.94. The molecule has 4 rings (SSSR count). The van der Waals surface area contributed by atoms with E-state index in [4.69, 9.17) is 9.73 Å². The second kappa shape index (κ2) is 7.96. The van der Waals surface area contributed by atoms with Crippen molar-refractivity contribution in [2.45, 2.75) is 19.8 Å². The van der Waals surface area contributed by atoms with Gasteiger partial charge in [-0.25, -0.2) is 4.99 Å². The van der Waals surface area contributed by atoms with Crippen molar-refractivity contribution in [1.82, 2.24) is 9.97 Å². The first-order valence-electron chi connectivity index (χ1n) is 9.32. The molecule has 0 saturated heterocycles. The number of nitrogens with zero attached hydrogens (tertiary/aromatic N) is 1. The van der Waals surface area contributed by atoms with Crippen LogP contribution in [0, 0.1) is 0 Å². The fourth-order valence-electron chi connectivity index (χ4n) is 3.18. The van der Waals surface area contributed by atoms with E-state index in [2.05, 4.69) is 52.4 Å². The van der Waals surface area contributed by atoms with Crippen molar-refractivity contribution in [3.8, 4) is 0 Å². The Morgan fingerprint density at radius 3 is 2.67 bits per heavy atom. The summed E-state index contributed by atoms with van der Waals surface area (Å²) < 4.78 is 5.78. The molecule has 0 spiro atoms. The molecule has 1 aliphatic heterocycles. The van der Waals surface area contributed by atoms with Gasteiger partial charge in [-0.15, -0.1) is 0 Å². The molecule has 0 radical (unpaired) electrons. The average Bonchev–Trinajstić information content (AvgIpc) is 3.43. The zero-order valence-electron chi connectivity index (χ0n) is 15.4. The lowest BCUT2D eigenvalue weighted by Gasteiger charge is -2.04. The lowest BCUT2D eigenvalue weighted by molar-refractivity contribution is 0.239. The van der Waals surface area contributed by atoms with Crippen molar-refractivity contribution >= 4 is 11.8 Å². The monoisotopic (exact) mass is 357 g/mol. The Bertz CT molecular complexity index is 976. The van der Waals surface area contributed by atoms with Crippen LogP contribution in [0.4, 0.5) is 0 Å². The average molecular weight is 357 g/mol. The summed E-state index contributed by atoms with van der Waals surface area (Å²) in [5, 5.41) is 0. The quantitative estimate of drug-likeness (QED) is 0.621. The van der Waals surface area contributed by atoms with Gasteiger partial charge in [-0.2, -0.15) is 0 Å². The number of H-pyrrole nitrogens is 2. The summed E-state index contributed by atoms with van der Waals surface area (Å²) in [7, 11) is 0. The molecule has 0 fully saturated rings. The number of hydrogen-bond acceptors (Lipinski definition) is 2. The highest BCUT2D eigenvalue weighted by atomic mass is 16.5. The number of rotatable bonds is 7. The van der Waals surface area contributed by atoms with Crippen molar-refractivity contribution < 1.29 is 4.74 Å². The molecule has 0 bridgehead atoms. The number of aromatic amines is 2. The van der Waals surface area contributed by atoms with Gasteiger partial charge in [0.25, 0.3) is 0 Å². The number of aryl methyl sites for hydroxylation is 2. The minimum Gasteiger partial charge on any atom is -0.492 e. The third-order valence-electron chi connectivity index (χ3n) is 4.52. The van der Waals surface area contributed by atoms with E-state index in [1.165, 1.54) is 11.3 Å². The molecule has 0 saturated carbocycles. The second-order valence-corrected chi connectivity index (χ2v) is 6.48. The van der Waals surface area contributed by atoms with Crippen LogP contribution in [-0.2, 0) is 17.6 Å². The smallest absolute Gasteiger partial charge is 0.147 e. The van der Waals surface area contributed by atoms with E-state index in [1.807, 2.05) is 37.4 Å². The topological polar surface area (TPSA) is 53.2 Å². The number of aromatic nitrogens is 2. The summed E-state index contributed by atoms with van der Waals surface area (Å²) in [5.41, 5.74) is 6.34. The van der Waals surface area contributed by atoms with Crippen molar-refractivity contribution in [3.63, 3.8) is 0 Å². The molecule has 3 heterocycles. The van der Waals surface area contributed by atoms with Crippen LogP contribution in [0.3, 0.4) is 0 Å². The van der Waals surface area contributed by atoms with E-state index in [-0.39, 0.29) is 0 Å². The van der Waals surface area contributed by atoms with E-state index < -0.39 is 0 Å². The van der Waals surface area contributed by atoms with Gasteiger partial charge in [0.05, 0.1) is 18.0 Å². The normalized spacial score (nSPS) is 15.1. The number of allylic oxidation sites excluding steroid dienone is 1. The van der Waals surface area contributed by atoms with Gasteiger partial charge < -0.3 is 14.7 Å². The Hall–Kier alpha value is -3.27. The van der Waals surface area contributed by atoms with E-state index in [0.29, 0.717) is 6.61 Å². The van der Waals surface area contributed by atoms with E-state index in [1.54, 1.807) is 0 Å². The van der Waals surface area contributed by atoms with E-state index in [9.17, 15) is 0 Å². The number of benzene rings is 1. The highest BCUT2D eigenvalue weighted by Crippen LogP contribution is 2.25. The van der Waals surface area contributed by atoms with Crippen molar-refractivity contribution in [2.75, 3.05) is 6.61 Å². The Labute approximate surface area is 159 Å². The Morgan fingerprint density at radius 1 is 1.00 bits per heavy atom. The van der Waals surface area contributed by atoms with Crippen LogP contribution in [0.5, 0.6) is 0 Å². The fraction of sp³-hybridized carbons (Fsp3) is 0.174. The molecule has 27 heavy (non-hydrogen) atoms. The maximum Gasteiger partial charge on any atom is 0.147 e. The van der Waals surface area contributed by atoms with Gasteiger partial charge in [0, 0.05) is 23.7 Å². The Morgan fingerprint density at radius 2 is 1.89 bits per heavy atom. The predicted molar refractivity (Wildman–Crippen MR) is 110 cm³/mol. The van der Waals surface area contributed by atoms with Crippen LogP contribution in [0.15, 0.2) is 83.3 Å². The highest BCUT2D eigenvalue weighted by molar-refractivity contribution is 6.11. The molecule has 3 aromatic rings. The molecule has 0 unspecified atom stereocenters. The van der Waals surface area contributed by atoms with E-state index in [0.717, 1.165) is 41.4 Å². The van der Waals surface area contributed by atoms with Crippen LogP contribution in [0.1, 0.15) is 29.6 Å². The molecule has 2 aromatic heterocycles. The van der Waals surface area contributed by atoms with Gasteiger partial charge >= 0.3 is 0 Å². The van der Waals surface area contributed by atoms with Crippen molar-refractivity contribution in [1.29, 1.82) is 0 Å². The molecule has 1 aromatic carbocycles. The molecule has 0 aliphatic carbocycles. The Kier molecular flexibility index (Phi) is 5.06. The number of nitrogens with one attached hydrogen (secondary N) is 2. The largest absolute Gasteiger partial charge is 0.492 e. The van der Waals surface area contributed by atoms with Gasteiger partial charge in [0.15, 0.2) is 0 Å². The summed E-state index contributed by atoms with van der Waals surface area (Å²) in [6, 6.07) is 18.8. The lowest BCUT2D eigenvalue weighted by atomic mass is 10.1. The van der Waals surface area contributed by atoms with Gasteiger partial charge in [0.2, 0.25) is 0 Å². The predicted octanol–water partition coefficient (Wildman–Crippen LogP) is 4.89. The number of hydrogen-bond donors (Lipinski definition) is 2. The lowest BCUT2D eigenvalue weighted by Crippen LogP contribution is -1.94. The summed E-state index contributed by atoms with van der Waals surface area (Å²) in [4.78, 5) is 11.4. The van der Waals surface area contributed by atoms with Crippen LogP contribution in [0.25, 0.3) is 6.08 Å². The van der Waals surface area contributed by atoms with Crippen LogP contribution in [0.2, 0.25) is 0 Å². The third kappa shape index (κ3) is 4.11. The van der Waals surface area contributed by atoms with Gasteiger partial charge in [-0.1, -0.05) is 30.3 Å². The number of aliphatic imine (C=N–C) groups is 1. The second-order valence-electron chi connectivity index (χ2n) is 6.48. The first-order valence-corrected chi connectivity index (χ1v) is 9.32. The maximum atomic E-state index is 5.78. The first kappa shape index (κ1) is 17.2. The molecule has 0 atom stereocenters. The zero-order valence-corrected chi connectivity index (χ0v) is 15.4. The zero-order chi connectivity index (χ0) is 18.5. The molecule has 1 aliphatic rings. The Balaban J connectivity index is 1.50. The first-order chi connectivity index (χ1) is 13.3. The van der Waals surface area contributed by atoms with Crippen LogP contribution < -0.4 is 0 Å². The SMILES string of the molecule is CCOC1=CC(c2ccc[nH]2)=N/C1=C\c1ccc(CCc2ccccc2)[nH]1. The maximum absolute atomic E-state index is 5.78. The number of ether oxygens (including phenoxy) is 1. The molecule has 0 amide bonds. The molecular formula is C23H23N3O. The van der Waals surface area contributed by atoms with Crippen molar-refractivity contribution in [3.05, 3.63) is 101 Å².